The summed E-state index contributed by atoms with van der Waals surface area (Å²) in [6, 6.07) is 8.34. The molecule has 0 radical (unpaired) electrons. The number of benzene rings is 1. The van der Waals surface area contributed by atoms with Gasteiger partial charge in [-0.05, 0) is 42.7 Å². The molecule has 0 unspecified atom stereocenters. The van der Waals surface area contributed by atoms with E-state index in [1.807, 2.05) is 0 Å². The highest BCUT2D eigenvalue weighted by Crippen LogP contribution is 2.17. The molecule has 0 saturated heterocycles. The van der Waals surface area contributed by atoms with E-state index in [4.69, 9.17) is 4.74 Å². The second-order valence-corrected chi connectivity index (χ2v) is 5.76. The van der Waals surface area contributed by atoms with E-state index in [0.29, 0.717) is 10.7 Å². The number of pyridine rings is 1. The molecule has 0 aliphatic heterocycles. The Morgan fingerprint density at radius 3 is 2.58 bits per heavy atom. The van der Waals surface area contributed by atoms with Gasteiger partial charge < -0.3 is 15.4 Å². The molecule has 7 nitrogen and oxygen atoms in total. The highest BCUT2D eigenvalue weighted by Gasteiger charge is 2.15. The second-order valence-electron chi connectivity index (χ2n) is 4.97. The molecule has 2 amide bonds. The minimum Gasteiger partial charge on any atom is -0.452 e. The van der Waals surface area contributed by atoms with Gasteiger partial charge in [0.25, 0.3) is 5.91 Å². The Labute approximate surface area is 153 Å². The zero-order chi connectivity index (χ0) is 18.9. The Morgan fingerprint density at radius 1 is 1.15 bits per heavy atom. The smallest absolute Gasteiger partial charge is 0.341 e. The van der Waals surface area contributed by atoms with Crippen LogP contribution in [0.2, 0.25) is 0 Å². The number of ether oxygens (including phenoxy) is 1. The van der Waals surface area contributed by atoms with Crippen LogP contribution in [0.15, 0.2) is 47.6 Å². The topological polar surface area (TPSA) is 97.4 Å². The fourth-order valence-corrected chi connectivity index (χ4v) is 2.42. The van der Waals surface area contributed by atoms with Gasteiger partial charge in [0.15, 0.2) is 6.61 Å². The van der Waals surface area contributed by atoms with Crippen LogP contribution < -0.4 is 10.6 Å². The summed E-state index contributed by atoms with van der Waals surface area (Å²) in [6.45, 7) is -0.831. The maximum atomic E-state index is 12.8. The maximum absolute atomic E-state index is 12.8. The van der Waals surface area contributed by atoms with E-state index >= 15 is 0 Å². The molecule has 2 aromatic rings. The molecule has 0 aliphatic carbocycles. The van der Waals surface area contributed by atoms with Crippen LogP contribution in [-0.2, 0) is 14.3 Å². The number of nitrogens with zero attached hydrogens (tertiary/aromatic N) is 1. The number of hydrogen-bond acceptors (Lipinski definition) is 6. The van der Waals surface area contributed by atoms with Crippen molar-refractivity contribution in [2.45, 2.75) is 5.03 Å². The maximum Gasteiger partial charge on any atom is 0.341 e. The molecule has 1 aromatic carbocycles. The van der Waals surface area contributed by atoms with E-state index in [9.17, 15) is 18.8 Å². The summed E-state index contributed by atoms with van der Waals surface area (Å²) in [4.78, 5) is 39.4. The van der Waals surface area contributed by atoms with E-state index < -0.39 is 30.2 Å². The SMILES string of the molecule is CSc1ncccc1C(=O)OCC(=O)NCC(=O)Nc1ccc(F)cc1. The predicted molar refractivity (Wildman–Crippen MR) is 94.3 cm³/mol. The van der Waals surface area contributed by atoms with Gasteiger partial charge in [0.2, 0.25) is 5.91 Å². The fourth-order valence-electron chi connectivity index (χ4n) is 1.89. The van der Waals surface area contributed by atoms with E-state index in [1.54, 1.807) is 24.6 Å². The van der Waals surface area contributed by atoms with Crippen LogP contribution in [0.5, 0.6) is 0 Å². The summed E-state index contributed by atoms with van der Waals surface area (Å²) in [7, 11) is 0. The Morgan fingerprint density at radius 2 is 1.88 bits per heavy atom. The normalized spacial score (nSPS) is 10.1. The number of hydrogen-bond donors (Lipinski definition) is 2. The Bertz CT molecular complexity index is 799. The van der Waals surface area contributed by atoms with Crippen molar-refractivity contribution in [3.05, 3.63) is 54.0 Å². The Kier molecular flexibility index (Phi) is 7.10. The number of carbonyl (C=O) groups excluding carboxylic acids is 3. The van der Waals surface area contributed by atoms with E-state index in [2.05, 4.69) is 15.6 Å². The third-order valence-corrected chi connectivity index (χ3v) is 3.80. The van der Waals surface area contributed by atoms with Crippen molar-refractivity contribution >= 4 is 35.2 Å². The monoisotopic (exact) mass is 377 g/mol. The molecule has 0 bridgehead atoms. The largest absolute Gasteiger partial charge is 0.452 e. The number of amides is 2. The Balaban J connectivity index is 1.75. The number of thioether (sulfide) groups is 1. The molecule has 0 saturated carbocycles. The number of halogens is 1. The van der Waals surface area contributed by atoms with Crippen molar-refractivity contribution in [2.75, 3.05) is 24.7 Å². The minimum atomic E-state index is -0.673. The average Bonchev–Trinajstić information content (AvgIpc) is 2.66. The summed E-state index contributed by atoms with van der Waals surface area (Å²) in [5, 5.41) is 5.31. The molecule has 0 spiro atoms. The van der Waals surface area contributed by atoms with Gasteiger partial charge in [0.1, 0.15) is 10.8 Å². The average molecular weight is 377 g/mol. The number of rotatable bonds is 7. The van der Waals surface area contributed by atoms with Crippen LogP contribution in [0.25, 0.3) is 0 Å². The number of anilines is 1. The summed E-state index contributed by atoms with van der Waals surface area (Å²) in [6.07, 6.45) is 3.32. The molecule has 0 aliphatic rings. The minimum absolute atomic E-state index is 0.266. The molecule has 2 rings (SSSR count). The van der Waals surface area contributed by atoms with Gasteiger partial charge in [0.05, 0.1) is 12.1 Å². The van der Waals surface area contributed by atoms with Gasteiger partial charge in [-0.15, -0.1) is 11.8 Å². The molecule has 0 atom stereocenters. The van der Waals surface area contributed by atoms with E-state index in [-0.39, 0.29) is 12.1 Å². The lowest BCUT2D eigenvalue weighted by Gasteiger charge is -2.08. The van der Waals surface area contributed by atoms with Gasteiger partial charge in [0, 0.05) is 11.9 Å². The van der Waals surface area contributed by atoms with Gasteiger partial charge in [-0.3, -0.25) is 9.59 Å². The molecule has 9 heteroatoms. The number of aromatic nitrogens is 1. The molecule has 2 N–H and O–H groups in total. The first-order chi connectivity index (χ1) is 12.5. The van der Waals surface area contributed by atoms with Crippen molar-refractivity contribution in [1.82, 2.24) is 10.3 Å². The zero-order valence-corrected chi connectivity index (χ0v) is 14.6. The summed E-state index contributed by atoms with van der Waals surface area (Å²) >= 11 is 1.29. The first-order valence-corrected chi connectivity index (χ1v) is 8.70. The molecule has 0 fully saturated rings. The van der Waals surface area contributed by atoms with E-state index in [0.717, 1.165) is 0 Å². The molecule has 26 heavy (non-hydrogen) atoms. The van der Waals surface area contributed by atoms with Crippen LogP contribution >= 0.6 is 11.8 Å². The first-order valence-electron chi connectivity index (χ1n) is 7.48. The first kappa shape index (κ1) is 19.4. The lowest BCUT2D eigenvalue weighted by molar-refractivity contribution is -0.126. The molecular formula is C17H16FN3O4S. The molecule has 1 heterocycles. The number of carbonyl (C=O) groups is 3. The summed E-state index contributed by atoms with van der Waals surface area (Å²) in [5.41, 5.74) is 0.667. The molecule has 136 valence electrons. The number of esters is 1. The van der Waals surface area contributed by atoms with Crippen molar-refractivity contribution in [3.63, 3.8) is 0 Å². The van der Waals surface area contributed by atoms with Crippen molar-refractivity contribution in [1.29, 1.82) is 0 Å². The highest BCUT2D eigenvalue weighted by molar-refractivity contribution is 7.98. The van der Waals surface area contributed by atoms with Crippen LogP contribution in [0.3, 0.4) is 0 Å². The third kappa shape index (κ3) is 5.85. The Hall–Kier alpha value is -2.94. The second kappa shape index (κ2) is 9.52. The summed E-state index contributed by atoms with van der Waals surface area (Å²) < 4.78 is 17.7. The van der Waals surface area contributed by atoms with Gasteiger partial charge >= 0.3 is 5.97 Å². The van der Waals surface area contributed by atoms with Crippen LogP contribution in [-0.4, -0.2) is 42.2 Å². The van der Waals surface area contributed by atoms with Crippen LogP contribution in [0.1, 0.15) is 10.4 Å². The quantitative estimate of drug-likeness (QED) is 0.565. The van der Waals surface area contributed by atoms with Gasteiger partial charge in [-0.25, -0.2) is 14.2 Å². The summed E-state index contributed by atoms with van der Waals surface area (Å²) in [5.74, 6) is -2.21. The lowest BCUT2D eigenvalue weighted by atomic mass is 10.3. The molecular weight excluding hydrogens is 361 g/mol. The third-order valence-electron chi connectivity index (χ3n) is 3.09. The van der Waals surface area contributed by atoms with Gasteiger partial charge in [-0.2, -0.15) is 0 Å². The van der Waals surface area contributed by atoms with Gasteiger partial charge in [-0.1, -0.05) is 0 Å². The standard InChI is InChI=1S/C17H16FN3O4S/c1-26-16-13(3-2-8-19-16)17(24)25-10-15(23)20-9-14(22)21-12-6-4-11(18)5-7-12/h2-8H,9-10H2,1H3,(H,20,23)(H,21,22). The molecule has 1 aromatic heterocycles. The fraction of sp³-hybridized carbons (Fsp3) is 0.176. The zero-order valence-electron chi connectivity index (χ0n) is 13.8. The van der Waals surface area contributed by atoms with Crippen LogP contribution in [0.4, 0.5) is 10.1 Å². The lowest BCUT2D eigenvalue weighted by Crippen LogP contribution is -2.35. The van der Waals surface area contributed by atoms with E-state index in [1.165, 1.54) is 36.0 Å². The van der Waals surface area contributed by atoms with Crippen LogP contribution in [0, 0.1) is 5.82 Å². The van der Waals surface area contributed by atoms with Crippen molar-refractivity contribution < 1.29 is 23.5 Å². The predicted octanol–water partition coefficient (Wildman–Crippen LogP) is 1.85. The van der Waals surface area contributed by atoms with Crippen molar-refractivity contribution in [3.8, 4) is 0 Å². The number of nitrogens with one attached hydrogen (secondary N) is 2. The van der Waals surface area contributed by atoms with Crippen molar-refractivity contribution in [2.24, 2.45) is 0 Å². The highest BCUT2D eigenvalue weighted by atomic mass is 32.2.